The van der Waals surface area contributed by atoms with Crippen molar-refractivity contribution in [2.24, 2.45) is 0 Å². The fourth-order valence-corrected chi connectivity index (χ4v) is 4.11. The smallest absolute Gasteiger partial charge is 0.413 e. The van der Waals surface area contributed by atoms with Crippen LogP contribution < -0.4 is 10.2 Å². The maximum Gasteiger partial charge on any atom is 0.413 e. The van der Waals surface area contributed by atoms with Gasteiger partial charge < -0.3 is 29.3 Å². The van der Waals surface area contributed by atoms with Gasteiger partial charge in [-0.15, -0.1) is 0 Å². The quantitative estimate of drug-likeness (QED) is 0.588. The van der Waals surface area contributed by atoms with Crippen molar-refractivity contribution in [1.82, 2.24) is 19.8 Å². The third kappa shape index (κ3) is 7.60. The number of carbonyl (C=O) groups is 3. The summed E-state index contributed by atoms with van der Waals surface area (Å²) < 4.78 is 40.1. The summed E-state index contributed by atoms with van der Waals surface area (Å²) in [6, 6.07) is -0.0271. The molecule has 0 spiro atoms. The Bertz CT molecular complexity index is 983. The normalized spacial score (nSPS) is 20.2. The number of likely N-dealkylation sites (N-methyl/N-ethyl adjacent to an activating group) is 1. The molecule has 3 amide bonds. The second-order valence-electron chi connectivity index (χ2n) is 10.1. The van der Waals surface area contributed by atoms with E-state index in [9.17, 15) is 23.2 Å². The molecule has 1 atom stereocenters. The third-order valence-electron chi connectivity index (χ3n) is 6.10. The molecule has 3 heterocycles. The van der Waals surface area contributed by atoms with Gasteiger partial charge >= 0.3 is 12.2 Å². The average Bonchev–Trinajstić information content (AvgIpc) is 2.82. The second kappa shape index (κ2) is 11.4. The van der Waals surface area contributed by atoms with Crippen molar-refractivity contribution in [2.45, 2.75) is 63.7 Å². The summed E-state index contributed by atoms with van der Waals surface area (Å²) in [5, 5.41) is 11.5. The lowest BCUT2D eigenvalue weighted by Crippen LogP contribution is -2.60. The summed E-state index contributed by atoms with van der Waals surface area (Å²) >= 11 is 0. The largest absolute Gasteiger partial charge is 0.446 e. The van der Waals surface area contributed by atoms with Gasteiger partial charge in [-0.1, -0.05) is 0 Å². The van der Waals surface area contributed by atoms with Gasteiger partial charge in [0.1, 0.15) is 30.2 Å². The molecule has 2 N–H and O–H groups in total. The highest BCUT2D eigenvalue weighted by atomic mass is 19.3. The lowest BCUT2D eigenvalue weighted by molar-refractivity contribution is -0.136. The van der Waals surface area contributed by atoms with Gasteiger partial charge in [-0.05, 0) is 26.8 Å². The molecule has 3 rings (SSSR count). The standard InChI is InChI=1S/C23H34F2N6O6/c1-22(2,3)37-21(35)29(4)16-13-31(12-8-23(16,24)25)19-26-9-5-17(27-19)28-20(34)36-15-6-10-30(11-7-15)18(33)14-32/h5,9,15-16,32H,6-8,10-14H2,1-4H3,(H,26,27,28,34)/t16-/m1/s1. The summed E-state index contributed by atoms with van der Waals surface area (Å²) in [6.07, 6.45) is -0.279. The highest BCUT2D eigenvalue weighted by Crippen LogP contribution is 2.33. The Labute approximate surface area is 213 Å². The molecule has 2 saturated heterocycles. The molecule has 0 aromatic carbocycles. The van der Waals surface area contributed by atoms with Crippen molar-refractivity contribution in [3.63, 3.8) is 0 Å². The number of halogens is 2. The van der Waals surface area contributed by atoms with Crippen LogP contribution in [0.5, 0.6) is 0 Å². The minimum absolute atomic E-state index is 0.0509. The molecule has 206 valence electrons. The first-order valence-electron chi connectivity index (χ1n) is 12.1. The number of carbonyl (C=O) groups excluding carboxylic acids is 3. The number of aliphatic hydroxyl groups is 1. The van der Waals surface area contributed by atoms with Gasteiger partial charge in [-0.2, -0.15) is 4.98 Å². The van der Waals surface area contributed by atoms with Gasteiger partial charge in [0.05, 0.1) is 0 Å². The van der Waals surface area contributed by atoms with Gasteiger partial charge in [0, 0.05) is 58.7 Å². The first kappa shape index (κ1) is 28.3. The number of aromatic nitrogens is 2. The Morgan fingerprint density at radius 1 is 1.24 bits per heavy atom. The molecule has 1 aromatic heterocycles. The molecule has 12 nitrogen and oxygen atoms in total. The first-order valence-corrected chi connectivity index (χ1v) is 12.1. The number of alkyl halides is 2. The molecule has 0 bridgehead atoms. The predicted molar refractivity (Wildman–Crippen MR) is 128 cm³/mol. The number of rotatable bonds is 5. The molecule has 37 heavy (non-hydrogen) atoms. The number of aliphatic hydroxyl groups excluding tert-OH is 1. The maximum atomic E-state index is 14.7. The van der Waals surface area contributed by atoms with E-state index in [4.69, 9.17) is 14.6 Å². The third-order valence-corrected chi connectivity index (χ3v) is 6.10. The zero-order valence-electron chi connectivity index (χ0n) is 21.4. The van der Waals surface area contributed by atoms with Crippen molar-refractivity contribution in [1.29, 1.82) is 0 Å². The highest BCUT2D eigenvalue weighted by Gasteiger charge is 2.49. The summed E-state index contributed by atoms with van der Waals surface area (Å²) in [4.78, 5) is 48.7. The molecular formula is C23H34F2N6O6. The molecule has 2 aliphatic rings. The fraction of sp³-hybridized carbons (Fsp3) is 0.696. The highest BCUT2D eigenvalue weighted by molar-refractivity contribution is 5.83. The van der Waals surface area contributed by atoms with E-state index in [1.165, 1.54) is 29.1 Å². The Morgan fingerprint density at radius 3 is 2.54 bits per heavy atom. The maximum absolute atomic E-state index is 14.7. The number of hydrogen-bond donors (Lipinski definition) is 2. The van der Waals surface area contributed by atoms with Crippen molar-refractivity contribution in [2.75, 3.05) is 50.1 Å². The molecule has 0 unspecified atom stereocenters. The van der Waals surface area contributed by atoms with Crippen molar-refractivity contribution >= 4 is 29.9 Å². The van der Waals surface area contributed by atoms with Crippen LogP contribution in [0.1, 0.15) is 40.0 Å². The van der Waals surface area contributed by atoms with Crippen LogP contribution in [0.4, 0.5) is 30.1 Å². The van der Waals surface area contributed by atoms with E-state index in [1.807, 2.05) is 0 Å². The first-order chi connectivity index (χ1) is 17.3. The minimum atomic E-state index is -3.14. The molecule has 0 saturated carbocycles. The number of nitrogens with zero attached hydrogens (tertiary/aromatic N) is 5. The second-order valence-corrected chi connectivity index (χ2v) is 10.1. The summed E-state index contributed by atoms with van der Waals surface area (Å²) in [7, 11) is 1.27. The van der Waals surface area contributed by atoms with E-state index in [1.54, 1.807) is 20.8 Å². The van der Waals surface area contributed by atoms with E-state index in [0.717, 1.165) is 4.90 Å². The van der Waals surface area contributed by atoms with Crippen LogP contribution in [0.25, 0.3) is 0 Å². The zero-order valence-corrected chi connectivity index (χ0v) is 21.4. The predicted octanol–water partition coefficient (Wildman–Crippen LogP) is 2.09. The molecule has 1 aromatic rings. The monoisotopic (exact) mass is 528 g/mol. The average molecular weight is 529 g/mol. The number of anilines is 2. The fourth-order valence-electron chi connectivity index (χ4n) is 4.11. The van der Waals surface area contributed by atoms with Crippen LogP contribution in [0, 0.1) is 0 Å². The van der Waals surface area contributed by atoms with Crippen molar-refractivity contribution < 1.29 is 37.7 Å². The Morgan fingerprint density at radius 2 is 1.92 bits per heavy atom. The molecule has 2 fully saturated rings. The van der Waals surface area contributed by atoms with Crippen LogP contribution in [-0.2, 0) is 14.3 Å². The Kier molecular flexibility index (Phi) is 8.72. The van der Waals surface area contributed by atoms with Crippen LogP contribution in [0.2, 0.25) is 0 Å². The van der Waals surface area contributed by atoms with E-state index in [2.05, 4.69) is 15.3 Å². The lowest BCUT2D eigenvalue weighted by Gasteiger charge is -2.42. The lowest BCUT2D eigenvalue weighted by atomic mass is 10.00. The summed E-state index contributed by atoms with van der Waals surface area (Å²) in [5.41, 5.74) is -0.833. The zero-order chi connectivity index (χ0) is 27.4. The van der Waals surface area contributed by atoms with Crippen LogP contribution in [-0.4, -0.2) is 106 Å². The Hall–Kier alpha value is -3.29. The SMILES string of the molecule is CN(C(=O)OC(C)(C)C)[C@@H]1CN(c2nccc(NC(=O)OC3CCN(C(=O)CO)CC3)n2)CCC1(F)F. The molecule has 2 aliphatic heterocycles. The van der Waals surface area contributed by atoms with E-state index >= 15 is 0 Å². The van der Waals surface area contributed by atoms with Crippen LogP contribution in [0.3, 0.4) is 0 Å². The van der Waals surface area contributed by atoms with Gasteiger partial charge in [0.2, 0.25) is 11.9 Å². The molecule has 0 aliphatic carbocycles. The van der Waals surface area contributed by atoms with Crippen molar-refractivity contribution in [3.05, 3.63) is 12.3 Å². The number of piperidine rings is 2. The number of ether oxygens (including phenoxy) is 2. The Balaban J connectivity index is 1.60. The van der Waals surface area contributed by atoms with Gasteiger partial charge in [0.25, 0.3) is 5.92 Å². The van der Waals surface area contributed by atoms with Gasteiger partial charge in [-0.3, -0.25) is 10.1 Å². The molecule has 14 heteroatoms. The topological polar surface area (TPSA) is 137 Å². The van der Waals surface area contributed by atoms with Crippen LogP contribution in [0.15, 0.2) is 12.3 Å². The van der Waals surface area contributed by atoms with Crippen molar-refractivity contribution in [3.8, 4) is 0 Å². The van der Waals surface area contributed by atoms with Gasteiger partial charge in [0.15, 0.2) is 0 Å². The van der Waals surface area contributed by atoms with Crippen LogP contribution >= 0.6 is 0 Å². The summed E-state index contributed by atoms with van der Waals surface area (Å²) in [5.74, 6) is -3.27. The van der Waals surface area contributed by atoms with Gasteiger partial charge in [-0.25, -0.2) is 23.4 Å². The number of hydrogen-bond acceptors (Lipinski definition) is 9. The minimum Gasteiger partial charge on any atom is -0.446 e. The number of nitrogens with one attached hydrogen (secondary N) is 1. The van der Waals surface area contributed by atoms with E-state index in [-0.39, 0.29) is 30.8 Å². The number of amides is 3. The molecule has 0 radical (unpaired) electrons. The van der Waals surface area contributed by atoms with E-state index < -0.39 is 48.9 Å². The number of likely N-dealkylation sites (tertiary alicyclic amines) is 1. The summed E-state index contributed by atoms with van der Waals surface area (Å²) in [6.45, 7) is 4.86. The van der Waals surface area contributed by atoms with E-state index in [0.29, 0.717) is 25.9 Å². The molecular weight excluding hydrogens is 494 g/mol.